The third-order valence-corrected chi connectivity index (χ3v) is 5.46. The van der Waals surface area contributed by atoms with Crippen molar-refractivity contribution in [3.05, 3.63) is 77.6 Å². The molecule has 1 N–H and O–H groups in total. The van der Waals surface area contributed by atoms with Crippen LogP contribution >= 0.6 is 0 Å². The fourth-order valence-electron chi connectivity index (χ4n) is 3.79. The molecule has 30 heavy (non-hydrogen) atoms. The summed E-state index contributed by atoms with van der Waals surface area (Å²) in [7, 11) is 0. The predicted molar refractivity (Wildman–Crippen MR) is 115 cm³/mol. The molecule has 6 heteroatoms. The number of halogens is 1. The van der Waals surface area contributed by atoms with Crippen molar-refractivity contribution >= 4 is 11.7 Å². The molecule has 1 unspecified atom stereocenters. The van der Waals surface area contributed by atoms with Crippen molar-refractivity contribution in [3.8, 4) is 11.3 Å². The van der Waals surface area contributed by atoms with E-state index in [9.17, 15) is 9.18 Å². The van der Waals surface area contributed by atoms with Crippen LogP contribution in [0.1, 0.15) is 24.0 Å². The van der Waals surface area contributed by atoms with E-state index in [-0.39, 0.29) is 17.6 Å². The summed E-state index contributed by atoms with van der Waals surface area (Å²) in [6.07, 6.45) is 1.77. The van der Waals surface area contributed by atoms with E-state index in [2.05, 4.69) is 39.5 Å². The predicted octanol–water partition coefficient (Wildman–Crippen LogP) is 4.12. The third kappa shape index (κ3) is 4.82. The summed E-state index contributed by atoms with van der Waals surface area (Å²) < 4.78 is 13.0. The van der Waals surface area contributed by atoms with Gasteiger partial charge in [-0.2, -0.15) is 0 Å². The van der Waals surface area contributed by atoms with Crippen molar-refractivity contribution in [1.82, 2.24) is 15.5 Å². The van der Waals surface area contributed by atoms with Crippen LogP contribution in [0.5, 0.6) is 0 Å². The van der Waals surface area contributed by atoms with E-state index in [1.165, 1.54) is 17.7 Å². The Labute approximate surface area is 176 Å². The number of nitrogens with one attached hydrogen (secondary N) is 1. The van der Waals surface area contributed by atoms with E-state index < -0.39 is 0 Å². The van der Waals surface area contributed by atoms with Crippen LogP contribution in [-0.4, -0.2) is 29.2 Å². The number of carbonyl (C=O) groups excluding carboxylic acids is 1. The van der Waals surface area contributed by atoms with Crippen LogP contribution in [-0.2, 0) is 11.3 Å². The Morgan fingerprint density at radius 3 is 2.70 bits per heavy atom. The van der Waals surface area contributed by atoms with E-state index in [0.717, 1.165) is 42.0 Å². The molecule has 5 nitrogen and oxygen atoms in total. The van der Waals surface area contributed by atoms with Crippen LogP contribution in [0.3, 0.4) is 0 Å². The molecule has 4 rings (SSSR count). The number of amides is 1. The van der Waals surface area contributed by atoms with Crippen LogP contribution in [0.15, 0.2) is 60.7 Å². The standard InChI is InChI=1S/C24H25FN4O/c1-17-4-2-5-19(14-17)22-11-12-23(28-27-22)29-13-3-6-20(16-29)24(30)26-15-18-7-9-21(25)10-8-18/h2,4-5,7-12,14,20H,3,6,13,15-16H2,1H3,(H,26,30). The Kier molecular flexibility index (Phi) is 6.02. The van der Waals surface area contributed by atoms with Crippen LogP contribution < -0.4 is 10.2 Å². The molecule has 1 fully saturated rings. The highest BCUT2D eigenvalue weighted by molar-refractivity contribution is 5.79. The number of nitrogens with zero attached hydrogens (tertiary/aromatic N) is 3. The second-order valence-corrected chi connectivity index (χ2v) is 7.78. The molecule has 1 atom stereocenters. The Morgan fingerprint density at radius 2 is 1.97 bits per heavy atom. The number of benzene rings is 2. The maximum atomic E-state index is 13.0. The first kappa shape index (κ1) is 20.0. The van der Waals surface area contributed by atoms with Gasteiger partial charge in [0.1, 0.15) is 5.82 Å². The van der Waals surface area contributed by atoms with Crippen LogP contribution in [0, 0.1) is 18.7 Å². The molecule has 3 aromatic rings. The van der Waals surface area contributed by atoms with E-state index in [1.807, 2.05) is 24.3 Å². The summed E-state index contributed by atoms with van der Waals surface area (Å²) in [5, 5.41) is 11.8. The van der Waals surface area contributed by atoms with Crippen molar-refractivity contribution in [2.75, 3.05) is 18.0 Å². The van der Waals surface area contributed by atoms with Gasteiger partial charge in [0.2, 0.25) is 5.91 Å². The molecule has 0 bridgehead atoms. The highest BCUT2D eigenvalue weighted by Crippen LogP contribution is 2.24. The highest BCUT2D eigenvalue weighted by atomic mass is 19.1. The van der Waals surface area contributed by atoms with Crippen LogP contribution in [0.4, 0.5) is 10.2 Å². The van der Waals surface area contributed by atoms with Crippen LogP contribution in [0.25, 0.3) is 11.3 Å². The summed E-state index contributed by atoms with van der Waals surface area (Å²) in [5.41, 5.74) is 3.96. The minimum Gasteiger partial charge on any atom is -0.354 e. The van der Waals surface area contributed by atoms with Gasteiger partial charge in [-0.25, -0.2) is 4.39 Å². The van der Waals surface area contributed by atoms with Crippen molar-refractivity contribution in [2.45, 2.75) is 26.3 Å². The Hall–Kier alpha value is -3.28. The van der Waals surface area contributed by atoms with Crippen molar-refractivity contribution in [1.29, 1.82) is 0 Å². The van der Waals surface area contributed by atoms with E-state index >= 15 is 0 Å². The molecule has 1 amide bonds. The van der Waals surface area contributed by atoms with Crippen molar-refractivity contribution < 1.29 is 9.18 Å². The molecule has 154 valence electrons. The maximum Gasteiger partial charge on any atom is 0.225 e. The number of anilines is 1. The highest BCUT2D eigenvalue weighted by Gasteiger charge is 2.26. The monoisotopic (exact) mass is 404 g/mol. The molecular formula is C24H25FN4O. The fraction of sp³-hybridized carbons (Fsp3) is 0.292. The first-order valence-corrected chi connectivity index (χ1v) is 10.3. The summed E-state index contributed by atoms with van der Waals surface area (Å²) in [5.74, 6) is 0.441. The Balaban J connectivity index is 1.37. The number of aromatic nitrogens is 2. The van der Waals surface area contributed by atoms with Gasteiger partial charge in [-0.15, -0.1) is 10.2 Å². The lowest BCUT2D eigenvalue weighted by atomic mass is 9.97. The summed E-state index contributed by atoms with van der Waals surface area (Å²) in [6.45, 7) is 3.94. The molecule has 0 radical (unpaired) electrons. The lowest BCUT2D eigenvalue weighted by molar-refractivity contribution is -0.125. The minimum absolute atomic E-state index is 0.0216. The molecule has 0 aliphatic carbocycles. The molecule has 2 aromatic carbocycles. The van der Waals surface area contributed by atoms with Gasteiger partial charge in [-0.1, -0.05) is 35.9 Å². The van der Waals surface area contributed by atoms with Gasteiger partial charge in [-0.3, -0.25) is 4.79 Å². The number of piperidine rings is 1. The van der Waals surface area contributed by atoms with Gasteiger partial charge in [-0.05, 0) is 55.7 Å². The number of aryl methyl sites for hydroxylation is 1. The second-order valence-electron chi connectivity index (χ2n) is 7.78. The quantitative estimate of drug-likeness (QED) is 0.695. The number of rotatable bonds is 5. The second kappa shape index (κ2) is 9.03. The van der Waals surface area contributed by atoms with Crippen LogP contribution in [0.2, 0.25) is 0 Å². The zero-order valence-corrected chi connectivity index (χ0v) is 17.0. The van der Waals surface area contributed by atoms with Gasteiger partial charge in [0.05, 0.1) is 11.6 Å². The van der Waals surface area contributed by atoms with E-state index in [0.29, 0.717) is 13.1 Å². The summed E-state index contributed by atoms with van der Waals surface area (Å²) in [4.78, 5) is 14.8. The maximum absolute atomic E-state index is 13.0. The summed E-state index contributed by atoms with van der Waals surface area (Å²) in [6, 6.07) is 18.3. The van der Waals surface area contributed by atoms with Gasteiger partial charge in [0.25, 0.3) is 0 Å². The topological polar surface area (TPSA) is 58.1 Å². The molecular weight excluding hydrogens is 379 g/mol. The van der Waals surface area contributed by atoms with Crippen molar-refractivity contribution in [3.63, 3.8) is 0 Å². The lowest BCUT2D eigenvalue weighted by Crippen LogP contribution is -2.43. The normalized spacial score (nSPS) is 16.3. The van der Waals surface area contributed by atoms with Gasteiger partial charge < -0.3 is 10.2 Å². The first-order valence-electron chi connectivity index (χ1n) is 10.3. The molecule has 0 spiro atoms. The zero-order chi connectivity index (χ0) is 20.9. The van der Waals surface area contributed by atoms with Gasteiger partial charge >= 0.3 is 0 Å². The lowest BCUT2D eigenvalue weighted by Gasteiger charge is -2.32. The molecule has 1 saturated heterocycles. The van der Waals surface area contributed by atoms with Gasteiger partial charge in [0.15, 0.2) is 5.82 Å². The SMILES string of the molecule is Cc1cccc(-c2ccc(N3CCCC(C(=O)NCc4ccc(F)cc4)C3)nn2)c1. The first-order chi connectivity index (χ1) is 14.6. The Morgan fingerprint density at radius 1 is 1.13 bits per heavy atom. The average molecular weight is 404 g/mol. The average Bonchev–Trinajstić information content (AvgIpc) is 2.79. The molecule has 2 heterocycles. The van der Waals surface area contributed by atoms with E-state index in [4.69, 9.17) is 0 Å². The van der Waals surface area contributed by atoms with Gasteiger partial charge in [0, 0.05) is 25.2 Å². The smallest absolute Gasteiger partial charge is 0.225 e. The fourth-order valence-corrected chi connectivity index (χ4v) is 3.79. The number of carbonyl (C=O) groups is 1. The molecule has 1 aromatic heterocycles. The minimum atomic E-state index is -0.275. The van der Waals surface area contributed by atoms with Crippen molar-refractivity contribution in [2.24, 2.45) is 5.92 Å². The summed E-state index contributed by atoms with van der Waals surface area (Å²) >= 11 is 0. The molecule has 1 aliphatic rings. The molecule has 1 aliphatic heterocycles. The number of hydrogen-bond donors (Lipinski definition) is 1. The largest absolute Gasteiger partial charge is 0.354 e. The zero-order valence-electron chi connectivity index (χ0n) is 17.0. The number of hydrogen-bond acceptors (Lipinski definition) is 4. The third-order valence-electron chi connectivity index (χ3n) is 5.46. The molecule has 0 saturated carbocycles. The van der Waals surface area contributed by atoms with E-state index in [1.54, 1.807) is 12.1 Å². The Bertz CT molecular complexity index is 1000.